The summed E-state index contributed by atoms with van der Waals surface area (Å²) in [5.41, 5.74) is 3.03. The van der Waals surface area contributed by atoms with Crippen molar-refractivity contribution in [2.75, 3.05) is 11.9 Å². The van der Waals surface area contributed by atoms with E-state index in [4.69, 9.17) is 0 Å². The van der Waals surface area contributed by atoms with Gasteiger partial charge in [0.05, 0.1) is 0 Å². The molecular formula is C16H19N3O. The summed E-state index contributed by atoms with van der Waals surface area (Å²) in [6, 6.07) is 13.8. The van der Waals surface area contributed by atoms with E-state index in [0.717, 1.165) is 36.5 Å². The van der Waals surface area contributed by atoms with Crippen LogP contribution in [0.25, 0.3) is 0 Å². The van der Waals surface area contributed by atoms with Crippen LogP contribution in [0.2, 0.25) is 0 Å². The summed E-state index contributed by atoms with van der Waals surface area (Å²) < 4.78 is 0. The molecule has 104 valence electrons. The second kappa shape index (κ2) is 7.40. The number of hydrogen-bond donors (Lipinski definition) is 2. The Morgan fingerprint density at radius 2 is 1.95 bits per heavy atom. The van der Waals surface area contributed by atoms with Crippen LogP contribution in [0, 0.1) is 0 Å². The predicted octanol–water partition coefficient (Wildman–Crippen LogP) is 2.37. The lowest BCUT2D eigenvalue weighted by molar-refractivity contribution is -0.114. The molecule has 1 aromatic carbocycles. The zero-order chi connectivity index (χ0) is 14.2. The molecule has 0 bridgehead atoms. The van der Waals surface area contributed by atoms with Crippen LogP contribution in [-0.2, 0) is 17.8 Å². The van der Waals surface area contributed by atoms with Gasteiger partial charge in [-0.15, -0.1) is 0 Å². The van der Waals surface area contributed by atoms with Gasteiger partial charge in [0.15, 0.2) is 0 Å². The first-order chi connectivity index (χ1) is 9.75. The average Bonchev–Trinajstić information content (AvgIpc) is 2.46. The van der Waals surface area contributed by atoms with Gasteiger partial charge < -0.3 is 10.6 Å². The van der Waals surface area contributed by atoms with E-state index >= 15 is 0 Å². The Kier molecular flexibility index (Phi) is 5.26. The number of benzene rings is 1. The van der Waals surface area contributed by atoms with Crippen molar-refractivity contribution in [2.45, 2.75) is 19.9 Å². The van der Waals surface area contributed by atoms with E-state index in [2.05, 4.69) is 15.6 Å². The van der Waals surface area contributed by atoms with Crippen LogP contribution in [0.3, 0.4) is 0 Å². The zero-order valence-electron chi connectivity index (χ0n) is 11.6. The third kappa shape index (κ3) is 4.48. The van der Waals surface area contributed by atoms with Gasteiger partial charge in [0.2, 0.25) is 5.91 Å². The minimum atomic E-state index is -0.0501. The Hall–Kier alpha value is -2.20. The van der Waals surface area contributed by atoms with Crippen molar-refractivity contribution >= 4 is 11.6 Å². The van der Waals surface area contributed by atoms with Crippen molar-refractivity contribution in [3.63, 3.8) is 0 Å². The number of carbonyl (C=O) groups excluding carboxylic acids is 1. The second-order valence-corrected chi connectivity index (χ2v) is 4.59. The van der Waals surface area contributed by atoms with E-state index in [9.17, 15) is 4.79 Å². The van der Waals surface area contributed by atoms with Crippen molar-refractivity contribution in [3.05, 3.63) is 59.9 Å². The van der Waals surface area contributed by atoms with Crippen LogP contribution in [0.15, 0.2) is 48.7 Å². The van der Waals surface area contributed by atoms with Gasteiger partial charge in [-0.1, -0.05) is 24.3 Å². The Morgan fingerprint density at radius 1 is 1.15 bits per heavy atom. The lowest BCUT2D eigenvalue weighted by Gasteiger charge is -2.10. The fourth-order valence-electron chi connectivity index (χ4n) is 1.97. The summed E-state index contributed by atoms with van der Waals surface area (Å²) in [6.07, 6.45) is 2.70. The first kappa shape index (κ1) is 14.2. The van der Waals surface area contributed by atoms with Crippen LogP contribution in [0.5, 0.6) is 0 Å². The molecule has 2 aromatic rings. The molecule has 0 saturated heterocycles. The number of nitrogens with zero attached hydrogens (tertiary/aromatic N) is 1. The molecule has 0 aliphatic carbocycles. The number of amides is 1. The maximum absolute atomic E-state index is 11.1. The average molecular weight is 269 g/mol. The van der Waals surface area contributed by atoms with Gasteiger partial charge in [0.1, 0.15) is 0 Å². The molecule has 0 aliphatic rings. The van der Waals surface area contributed by atoms with E-state index in [1.54, 1.807) is 6.20 Å². The molecule has 2 rings (SSSR count). The van der Waals surface area contributed by atoms with E-state index in [1.165, 1.54) is 6.92 Å². The second-order valence-electron chi connectivity index (χ2n) is 4.59. The summed E-state index contributed by atoms with van der Waals surface area (Å²) in [6.45, 7) is 3.10. The minimum Gasteiger partial charge on any atom is -0.326 e. The van der Waals surface area contributed by atoms with E-state index in [-0.39, 0.29) is 5.91 Å². The Bertz CT molecular complexity index is 555. The maximum Gasteiger partial charge on any atom is 0.221 e. The largest absolute Gasteiger partial charge is 0.326 e. The van der Waals surface area contributed by atoms with Crippen molar-refractivity contribution in [1.29, 1.82) is 0 Å². The third-order valence-electron chi connectivity index (χ3n) is 2.93. The van der Waals surface area contributed by atoms with Crippen LogP contribution in [0.4, 0.5) is 5.69 Å². The molecule has 0 saturated carbocycles. The molecule has 1 amide bonds. The molecule has 0 radical (unpaired) electrons. The van der Waals surface area contributed by atoms with E-state index in [1.807, 2.05) is 42.5 Å². The zero-order valence-corrected chi connectivity index (χ0v) is 11.6. The molecule has 0 fully saturated rings. The lowest BCUT2D eigenvalue weighted by Crippen LogP contribution is -2.18. The quantitative estimate of drug-likeness (QED) is 0.792. The standard InChI is InChI=1S/C16H19N3O/c1-13(20)19-16-8-3-2-6-14(16)12-17-11-9-15-7-4-5-10-18-15/h2-8,10,17H,9,11-12H2,1H3,(H,19,20). The summed E-state index contributed by atoms with van der Waals surface area (Å²) in [5, 5.41) is 6.21. The summed E-state index contributed by atoms with van der Waals surface area (Å²) >= 11 is 0. The molecule has 1 aromatic heterocycles. The van der Waals surface area contributed by atoms with Gasteiger partial charge >= 0.3 is 0 Å². The lowest BCUT2D eigenvalue weighted by atomic mass is 10.1. The van der Waals surface area contributed by atoms with E-state index in [0.29, 0.717) is 0 Å². The maximum atomic E-state index is 11.1. The van der Waals surface area contributed by atoms with E-state index < -0.39 is 0 Å². The topological polar surface area (TPSA) is 54.0 Å². The van der Waals surface area contributed by atoms with Crippen LogP contribution in [0.1, 0.15) is 18.2 Å². The third-order valence-corrected chi connectivity index (χ3v) is 2.93. The fourth-order valence-corrected chi connectivity index (χ4v) is 1.97. The highest BCUT2D eigenvalue weighted by molar-refractivity contribution is 5.89. The highest BCUT2D eigenvalue weighted by Gasteiger charge is 2.02. The number of nitrogens with one attached hydrogen (secondary N) is 2. The molecule has 1 heterocycles. The minimum absolute atomic E-state index is 0.0501. The van der Waals surface area contributed by atoms with Gasteiger partial charge in [-0.05, 0) is 23.8 Å². The monoisotopic (exact) mass is 269 g/mol. The molecule has 2 N–H and O–H groups in total. The van der Waals surface area contributed by atoms with Crippen molar-refractivity contribution in [2.24, 2.45) is 0 Å². The van der Waals surface area contributed by atoms with Crippen LogP contribution in [-0.4, -0.2) is 17.4 Å². The molecule has 0 unspecified atom stereocenters. The van der Waals surface area contributed by atoms with Gasteiger partial charge in [-0.25, -0.2) is 0 Å². The first-order valence-corrected chi connectivity index (χ1v) is 6.72. The number of rotatable bonds is 6. The Morgan fingerprint density at radius 3 is 2.70 bits per heavy atom. The van der Waals surface area contributed by atoms with Crippen molar-refractivity contribution in [3.8, 4) is 0 Å². The number of anilines is 1. The number of para-hydroxylation sites is 1. The SMILES string of the molecule is CC(=O)Nc1ccccc1CNCCc1ccccn1. The molecule has 0 aliphatic heterocycles. The molecule has 4 heteroatoms. The highest BCUT2D eigenvalue weighted by atomic mass is 16.1. The Labute approximate surface area is 119 Å². The summed E-state index contributed by atoms with van der Waals surface area (Å²) in [5.74, 6) is -0.0501. The van der Waals surface area contributed by atoms with Crippen molar-refractivity contribution in [1.82, 2.24) is 10.3 Å². The van der Waals surface area contributed by atoms with Crippen LogP contribution < -0.4 is 10.6 Å². The number of pyridine rings is 1. The smallest absolute Gasteiger partial charge is 0.221 e. The predicted molar refractivity (Wildman–Crippen MR) is 80.4 cm³/mol. The highest BCUT2D eigenvalue weighted by Crippen LogP contribution is 2.14. The molecule has 0 atom stereocenters. The molecule has 4 nitrogen and oxygen atoms in total. The molecule has 0 spiro atoms. The Balaban J connectivity index is 1.83. The molecule has 20 heavy (non-hydrogen) atoms. The van der Waals surface area contributed by atoms with Crippen molar-refractivity contribution < 1.29 is 4.79 Å². The summed E-state index contributed by atoms with van der Waals surface area (Å²) in [4.78, 5) is 15.4. The first-order valence-electron chi connectivity index (χ1n) is 6.72. The van der Waals surface area contributed by atoms with Gasteiger partial charge in [0, 0.05) is 44.0 Å². The van der Waals surface area contributed by atoms with Gasteiger partial charge in [-0.2, -0.15) is 0 Å². The molecular weight excluding hydrogens is 250 g/mol. The van der Waals surface area contributed by atoms with Gasteiger partial charge in [0.25, 0.3) is 0 Å². The summed E-state index contributed by atoms with van der Waals surface area (Å²) in [7, 11) is 0. The number of aromatic nitrogens is 1. The normalized spacial score (nSPS) is 10.2. The number of carbonyl (C=O) groups is 1. The number of hydrogen-bond acceptors (Lipinski definition) is 3. The van der Waals surface area contributed by atoms with Gasteiger partial charge in [-0.3, -0.25) is 9.78 Å². The fraction of sp³-hybridized carbons (Fsp3) is 0.250. The van der Waals surface area contributed by atoms with Crippen LogP contribution >= 0.6 is 0 Å².